The van der Waals surface area contributed by atoms with Gasteiger partial charge in [0.05, 0.1) is 5.92 Å². The van der Waals surface area contributed by atoms with Crippen molar-refractivity contribution in [3.05, 3.63) is 0 Å². The fourth-order valence-electron chi connectivity index (χ4n) is 3.02. The lowest BCUT2D eigenvalue weighted by atomic mass is 9.85. The maximum absolute atomic E-state index is 12.0. The highest BCUT2D eigenvalue weighted by Gasteiger charge is 2.28. The highest BCUT2D eigenvalue weighted by Crippen LogP contribution is 2.24. The highest BCUT2D eigenvalue weighted by atomic mass is 16.4. The van der Waals surface area contributed by atoms with Crippen LogP contribution in [0.3, 0.4) is 0 Å². The van der Waals surface area contributed by atoms with Gasteiger partial charge >= 0.3 is 5.97 Å². The third-order valence-electron chi connectivity index (χ3n) is 4.00. The van der Waals surface area contributed by atoms with Crippen LogP contribution in [0.4, 0.5) is 0 Å². The largest absolute Gasteiger partial charge is 0.481 e. The number of carbonyl (C=O) groups is 2. The van der Waals surface area contributed by atoms with E-state index in [1.807, 2.05) is 0 Å². The Hall–Kier alpha value is -1.10. The Labute approximate surface area is 121 Å². The standard InChI is InChI=1S/C15H28N2O3/c1-10(2)6-11(9-16)7-14(18)17-13-5-3-4-12(8-13)15(19)20/h10-13H,3-9,16H2,1-2H3,(H,17,18)(H,19,20)/t11-,12?,13?/m0/s1. The monoisotopic (exact) mass is 284 g/mol. The predicted molar refractivity (Wildman–Crippen MR) is 78.1 cm³/mol. The molecule has 0 aromatic carbocycles. The van der Waals surface area contributed by atoms with E-state index in [9.17, 15) is 9.59 Å². The van der Waals surface area contributed by atoms with Crippen molar-refractivity contribution in [3.8, 4) is 0 Å². The van der Waals surface area contributed by atoms with Crippen LogP contribution in [0.15, 0.2) is 0 Å². The summed E-state index contributed by atoms with van der Waals surface area (Å²) < 4.78 is 0. The fourth-order valence-corrected chi connectivity index (χ4v) is 3.02. The molecule has 0 radical (unpaired) electrons. The normalized spacial score (nSPS) is 24.4. The number of amides is 1. The van der Waals surface area contributed by atoms with Gasteiger partial charge in [0.15, 0.2) is 0 Å². The van der Waals surface area contributed by atoms with Crippen molar-refractivity contribution in [2.24, 2.45) is 23.5 Å². The summed E-state index contributed by atoms with van der Waals surface area (Å²) in [5.74, 6) is -0.299. The Morgan fingerprint density at radius 3 is 2.60 bits per heavy atom. The molecule has 4 N–H and O–H groups in total. The molecule has 2 unspecified atom stereocenters. The van der Waals surface area contributed by atoms with Crippen LogP contribution in [0, 0.1) is 17.8 Å². The SMILES string of the molecule is CC(C)C[C@H](CN)CC(=O)NC1CCCC(C(=O)O)C1. The maximum Gasteiger partial charge on any atom is 0.306 e. The first-order valence-electron chi connectivity index (χ1n) is 7.64. The second-order valence-electron chi connectivity index (χ2n) is 6.40. The molecular formula is C15H28N2O3. The molecular weight excluding hydrogens is 256 g/mol. The van der Waals surface area contributed by atoms with Crippen LogP contribution >= 0.6 is 0 Å². The van der Waals surface area contributed by atoms with E-state index in [0.29, 0.717) is 25.3 Å². The lowest BCUT2D eigenvalue weighted by Crippen LogP contribution is -2.41. The maximum atomic E-state index is 12.0. The number of carbonyl (C=O) groups excluding carboxylic acids is 1. The molecule has 116 valence electrons. The molecule has 1 amide bonds. The molecule has 1 aliphatic carbocycles. The molecule has 1 saturated carbocycles. The van der Waals surface area contributed by atoms with Crippen molar-refractivity contribution < 1.29 is 14.7 Å². The zero-order chi connectivity index (χ0) is 15.1. The number of carboxylic acid groups (broad SMARTS) is 1. The van der Waals surface area contributed by atoms with Gasteiger partial charge in [-0.05, 0) is 44.1 Å². The van der Waals surface area contributed by atoms with Gasteiger partial charge < -0.3 is 16.2 Å². The van der Waals surface area contributed by atoms with E-state index in [0.717, 1.165) is 25.7 Å². The van der Waals surface area contributed by atoms with Crippen molar-refractivity contribution in [2.45, 2.75) is 58.4 Å². The molecule has 20 heavy (non-hydrogen) atoms. The van der Waals surface area contributed by atoms with Crippen LogP contribution in [-0.2, 0) is 9.59 Å². The Bertz CT molecular complexity index is 331. The second-order valence-corrected chi connectivity index (χ2v) is 6.40. The smallest absolute Gasteiger partial charge is 0.306 e. The Morgan fingerprint density at radius 2 is 2.05 bits per heavy atom. The molecule has 1 aliphatic rings. The number of hydrogen-bond donors (Lipinski definition) is 3. The molecule has 0 bridgehead atoms. The highest BCUT2D eigenvalue weighted by molar-refractivity contribution is 5.76. The van der Waals surface area contributed by atoms with Crippen LogP contribution in [0.25, 0.3) is 0 Å². The van der Waals surface area contributed by atoms with Crippen molar-refractivity contribution >= 4 is 11.9 Å². The lowest BCUT2D eigenvalue weighted by Gasteiger charge is -2.28. The number of aliphatic carboxylic acids is 1. The van der Waals surface area contributed by atoms with Crippen LogP contribution in [0.2, 0.25) is 0 Å². The summed E-state index contributed by atoms with van der Waals surface area (Å²) in [6, 6.07) is 0.00910. The van der Waals surface area contributed by atoms with Crippen LogP contribution in [-0.4, -0.2) is 29.6 Å². The molecule has 1 fully saturated rings. The molecule has 1 rings (SSSR count). The average Bonchev–Trinajstić information content (AvgIpc) is 2.37. The first kappa shape index (κ1) is 17.0. The zero-order valence-corrected chi connectivity index (χ0v) is 12.6. The van der Waals surface area contributed by atoms with Crippen molar-refractivity contribution in [3.63, 3.8) is 0 Å². The van der Waals surface area contributed by atoms with Gasteiger partial charge in [-0.1, -0.05) is 20.3 Å². The van der Waals surface area contributed by atoms with Crippen LogP contribution in [0.5, 0.6) is 0 Å². The molecule has 0 aromatic rings. The Balaban J connectivity index is 2.39. The first-order chi connectivity index (χ1) is 9.42. The van der Waals surface area contributed by atoms with E-state index in [1.54, 1.807) is 0 Å². The number of carboxylic acids is 1. The summed E-state index contributed by atoms with van der Waals surface area (Å²) in [5.41, 5.74) is 5.71. The third-order valence-corrected chi connectivity index (χ3v) is 4.00. The van der Waals surface area contributed by atoms with Gasteiger partial charge in [-0.3, -0.25) is 9.59 Å². The molecule has 5 heteroatoms. The topological polar surface area (TPSA) is 92.4 Å². The van der Waals surface area contributed by atoms with Gasteiger partial charge in [0, 0.05) is 12.5 Å². The Morgan fingerprint density at radius 1 is 1.35 bits per heavy atom. The van der Waals surface area contributed by atoms with E-state index >= 15 is 0 Å². The van der Waals surface area contributed by atoms with E-state index in [1.165, 1.54) is 0 Å². The summed E-state index contributed by atoms with van der Waals surface area (Å²) in [7, 11) is 0. The van der Waals surface area contributed by atoms with Gasteiger partial charge in [-0.25, -0.2) is 0 Å². The first-order valence-corrected chi connectivity index (χ1v) is 7.64. The van der Waals surface area contributed by atoms with E-state index in [-0.39, 0.29) is 23.8 Å². The summed E-state index contributed by atoms with van der Waals surface area (Å²) in [6.07, 6.45) is 4.43. The Kier molecular flexibility index (Phi) is 6.99. The van der Waals surface area contributed by atoms with Crippen LogP contribution < -0.4 is 11.1 Å². The number of nitrogens with two attached hydrogens (primary N) is 1. The van der Waals surface area contributed by atoms with Crippen molar-refractivity contribution in [2.75, 3.05) is 6.54 Å². The van der Waals surface area contributed by atoms with E-state index < -0.39 is 5.97 Å². The average molecular weight is 284 g/mol. The molecule has 3 atom stereocenters. The summed E-state index contributed by atoms with van der Waals surface area (Å²) in [6.45, 7) is 4.77. The summed E-state index contributed by atoms with van der Waals surface area (Å²) in [5, 5.41) is 12.0. The van der Waals surface area contributed by atoms with Gasteiger partial charge in [-0.15, -0.1) is 0 Å². The minimum absolute atomic E-state index is 0.00910. The lowest BCUT2D eigenvalue weighted by molar-refractivity contribution is -0.143. The summed E-state index contributed by atoms with van der Waals surface area (Å²) in [4.78, 5) is 23.0. The van der Waals surface area contributed by atoms with Gasteiger partial charge in [-0.2, -0.15) is 0 Å². The quantitative estimate of drug-likeness (QED) is 0.664. The predicted octanol–water partition coefficient (Wildman–Crippen LogP) is 1.76. The fraction of sp³-hybridized carbons (Fsp3) is 0.867. The second kappa shape index (κ2) is 8.25. The zero-order valence-electron chi connectivity index (χ0n) is 12.6. The van der Waals surface area contributed by atoms with Gasteiger partial charge in [0.25, 0.3) is 0 Å². The number of hydrogen-bond acceptors (Lipinski definition) is 3. The number of rotatable bonds is 7. The molecule has 0 aliphatic heterocycles. The molecule has 5 nitrogen and oxygen atoms in total. The molecule has 0 aromatic heterocycles. The molecule has 0 heterocycles. The van der Waals surface area contributed by atoms with Crippen molar-refractivity contribution in [1.82, 2.24) is 5.32 Å². The van der Waals surface area contributed by atoms with Gasteiger partial charge in [0.2, 0.25) is 5.91 Å². The molecule has 0 spiro atoms. The van der Waals surface area contributed by atoms with Crippen LogP contribution in [0.1, 0.15) is 52.4 Å². The van der Waals surface area contributed by atoms with Gasteiger partial charge in [0.1, 0.15) is 0 Å². The molecule has 0 saturated heterocycles. The van der Waals surface area contributed by atoms with Crippen molar-refractivity contribution in [1.29, 1.82) is 0 Å². The van der Waals surface area contributed by atoms with E-state index in [4.69, 9.17) is 10.8 Å². The minimum atomic E-state index is -0.747. The third kappa shape index (κ3) is 5.90. The number of nitrogens with one attached hydrogen (secondary N) is 1. The van der Waals surface area contributed by atoms with E-state index in [2.05, 4.69) is 19.2 Å². The summed E-state index contributed by atoms with van der Waals surface area (Å²) >= 11 is 0. The minimum Gasteiger partial charge on any atom is -0.481 e.